The molecule has 162 valence electrons. The maximum Gasteiger partial charge on any atom is 0.168 e. The molecule has 0 aliphatic heterocycles. The lowest BCUT2D eigenvalue weighted by atomic mass is 9.61. The van der Waals surface area contributed by atoms with Gasteiger partial charge in [0.1, 0.15) is 0 Å². The smallest absolute Gasteiger partial charge is 0.168 e. The summed E-state index contributed by atoms with van der Waals surface area (Å²) in [4.78, 5) is 0. The first kappa shape index (κ1) is 22.6. The van der Waals surface area contributed by atoms with Crippen LogP contribution in [0.1, 0.15) is 71.6 Å². The minimum absolute atomic E-state index is 0.224. The van der Waals surface area contributed by atoms with Crippen LogP contribution in [0.25, 0.3) is 0 Å². The van der Waals surface area contributed by atoms with Gasteiger partial charge >= 0.3 is 0 Å². The number of aliphatic hydroxyl groups excluding tert-OH is 1. The summed E-state index contributed by atoms with van der Waals surface area (Å²) in [5, 5.41) is 11.4. The molecule has 3 rings (SSSR count). The van der Waals surface area contributed by atoms with Gasteiger partial charge in [-0.1, -0.05) is 49.8 Å². The van der Waals surface area contributed by atoms with E-state index < -0.39 is 9.84 Å². The van der Waals surface area contributed by atoms with Gasteiger partial charge in [-0.15, -0.1) is 0 Å². The zero-order chi connectivity index (χ0) is 21.2. The van der Waals surface area contributed by atoms with Crippen LogP contribution in [0.5, 0.6) is 0 Å². The number of hydrogen-bond donors (Lipinski definition) is 1. The van der Waals surface area contributed by atoms with Gasteiger partial charge < -0.3 is 5.11 Å². The Labute approximate surface area is 177 Å². The highest BCUT2D eigenvalue weighted by Gasteiger charge is 2.50. The van der Waals surface area contributed by atoms with Crippen LogP contribution < -0.4 is 0 Å². The van der Waals surface area contributed by atoms with Crippen LogP contribution in [-0.4, -0.2) is 25.9 Å². The summed E-state index contributed by atoms with van der Waals surface area (Å²) in [5.41, 5.74) is 4.28. The van der Waals surface area contributed by atoms with Crippen molar-refractivity contribution in [1.82, 2.24) is 0 Å². The van der Waals surface area contributed by atoms with Gasteiger partial charge in [0.05, 0.1) is 6.10 Å². The Morgan fingerprint density at radius 3 is 2.72 bits per heavy atom. The number of allylic oxidation sites excluding steroid dienone is 5. The van der Waals surface area contributed by atoms with E-state index in [0.717, 1.165) is 25.7 Å². The first-order valence-electron chi connectivity index (χ1n) is 11.2. The van der Waals surface area contributed by atoms with Crippen LogP contribution in [0, 0.1) is 23.2 Å². The number of fused-ring (bicyclic) bond motifs is 1. The summed E-state index contributed by atoms with van der Waals surface area (Å²) in [6, 6.07) is 0. The fraction of sp³-hybridized carbons (Fsp3) is 0.680. The zero-order valence-corrected chi connectivity index (χ0v) is 19.2. The van der Waals surface area contributed by atoms with Gasteiger partial charge in [-0.25, -0.2) is 8.42 Å². The molecule has 0 aromatic rings. The largest absolute Gasteiger partial charge is 0.393 e. The molecule has 1 N–H and O–H groups in total. The van der Waals surface area contributed by atoms with Crippen LogP contribution in [-0.2, 0) is 9.84 Å². The summed E-state index contributed by atoms with van der Waals surface area (Å²) < 4.78 is 22.8. The molecule has 3 saturated carbocycles. The van der Waals surface area contributed by atoms with Crippen molar-refractivity contribution in [3.05, 3.63) is 46.9 Å². The van der Waals surface area contributed by atoms with E-state index >= 15 is 0 Å². The van der Waals surface area contributed by atoms with Gasteiger partial charge in [-0.05, 0) is 86.5 Å². The molecule has 0 aromatic carbocycles. The molecule has 0 heterocycles. The van der Waals surface area contributed by atoms with Crippen molar-refractivity contribution < 1.29 is 13.5 Å². The molecule has 5 atom stereocenters. The summed E-state index contributed by atoms with van der Waals surface area (Å²) in [6.45, 7) is 8.95. The molecule has 0 saturated heterocycles. The minimum atomic E-state index is -3.04. The highest BCUT2D eigenvalue weighted by atomic mass is 32.2. The Hall–Kier alpha value is -1.13. The van der Waals surface area contributed by atoms with Crippen molar-refractivity contribution in [2.75, 3.05) is 6.26 Å². The van der Waals surface area contributed by atoms with Gasteiger partial charge in [0.2, 0.25) is 0 Å². The van der Waals surface area contributed by atoms with Gasteiger partial charge in [-0.2, -0.15) is 0 Å². The van der Waals surface area contributed by atoms with Gasteiger partial charge in [-0.3, -0.25) is 0 Å². The average Bonchev–Trinajstić information content (AvgIpc) is 2.99. The van der Waals surface area contributed by atoms with E-state index in [4.69, 9.17) is 0 Å². The molecule has 0 bridgehead atoms. The normalized spacial score (nSPS) is 37.4. The van der Waals surface area contributed by atoms with E-state index in [-0.39, 0.29) is 6.10 Å². The summed E-state index contributed by atoms with van der Waals surface area (Å²) in [5.74, 6) is 1.76. The Bertz CT molecular complexity index is 817. The molecule has 3 nitrogen and oxygen atoms in total. The van der Waals surface area contributed by atoms with Crippen LogP contribution in [0.15, 0.2) is 46.9 Å². The van der Waals surface area contributed by atoms with Crippen molar-refractivity contribution >= 4 is 9.84 Å². The van der Waals surface area contributed by atoms with Crippen LogP contribution in [0.4, 0.5) is 0 Å². The molecule has 4 heteroatoms. The van der Waals surface area contributed by atoms with Crippen molar-refractivity contribution in [1.29, 1.82) is 0 Å². The Balaban J connectivity index is 1.74. The second-order valence-corrected chi connectivity index (χ2v) is 11.9. The molecular weight excluding hydrogens is 380 g/mol. The van der Waals surface area contributed by atoms with Crippen LogP contribution in [0.3, 0.4) is 0 Å². The fourth-order valence-corrected chi connectivity index (χ4v) is 6.68. The molecule has 2 unspecified atom stereocenters. The van der Waals surface area contributed by atoms with E-state index in [9.17, 15) is 13.5 Å². The Morgan fingerprint density at radius 2 is 2.00 bits per heavy atom. The molecule has 0 amide bonds. The van der Waals surface area contributed by atoms with Crippen molar-refractivity contribution in [3.63, 3.8) is 0 Å². The lowest BCUT2D eigenvalue weighted by Crippen LogP contribution is -2.35. The molecule has 3 fully saturated rings. The van der Waals surface area contributed by atoms with Crippen molar-refractivity contribution in [3.8, 4) is 0 Å². The summed E-state index contributed by atoms with van der Waals surface area (Å²) in [7, 11) is -3.04. The number of rotatable bonds is 5. The molecule has 0 aromatic heterocycles. The van der Waals surface area contributed by atoms with Gasteiger partial charge in [0.15, 0.2) is 9.84 Å². The summed E-state index contributed by atoms with van der Waals surface area (Å²) >= 11 is 0. The first-order chi connectivity index (χ1) is 13.6. The lowest BCUT2D eigenvalue weighted by Gasteiger charge is -2.44. The maximum atomic E-state index is 11.4. The third-order valence-electron chi connectivity index (χ3n) is 7.76. The highest BCUT2D eigenvalue weighted by Crippen LogP contribution is 2.59. The lowest BCUT2D eigenvalue weighted by molar-refractivity contribution is 0.0985. The standard InChI is InChI=1S/C25H38O3S/c1-18-9-12-22(26)17-21(18)11-10-20-8-5-15-25(3)23(13-14-24(20)25)19(2)7-6-16-29(4,27)28/h6,10-11,16,19,22-24,26H,1,5,7-9,12-15,17H2,2-4H3/b16-6+,20-10+,21-11-/t19?,22-,23?,24-,25+/m0/s1. The maximum absolute atomic E-state index is 11.4. The Morgan fingerprint density at radius 1 is 1.24 bits per heavy atom. The summed E-state index contributed by atoms with van der Waals surface area (Å²) in [6.07, 6.45) is 16.9. The van der Waals surface area contributed by atoms with E-state index in [1.54, 1.807) is 5.57 Å². The van der Waals surface area contributed by atoms with Crippen LogP contribution in [0.2, 0.25) is 0 Å². The average molecular weight is 419 g/mol. The molecule has 3 aliphatic carbocycles. The second-order valence-electron chi connectivity index (χ2n) is 9.94. The van der Waals surface area contributed by atoms with E-state index in [1.165, 1.54) is 54.9 Å². The van der Waals surface area contributed by atoms with Gasteiger partial charge in [0, 0.05) is 11.7 Å². The first-order valence-corrected chi connectivity index (χ1v) is 13.2. The minimum Gasteiger partial charge on any atom is -0.393 e. The number of aliphatic hydroxyl groups is 1. The third-order valence-corrected chi connectivity index (χ3v) is 8.45. The van der Waals surface area contributed by atoms with E-state index in [0.29, 0.717) is 23.2 Å². The molecule has 0 radical (unpaired) electrons. The van der Waals surface area contributed by atoms with E-state index in [2.05, 4.69) is 32.6 Å². The third kappa shape index (κ3) is 5.32. The molecular formula is C25H38O3S. The number of hydrogen-bond acceptors (Lipinski definition) is 3. The Kier molecular flexibility index (Phi) is 6.95. The van der Waals surface area contributed by atoms with E-state index in [1.807, 2.05) is 6.08 Å². The predicted octanol–water partition coefficient (Wildman–Crippen LogP) is 5.74. The van der Waals surface area contributed by atoms with Crippen molar-refractivity contribution in [2.24, 2.45) is 23.2 Å². The quantitative estimate of drug-likeness (QED) is 0.619. The number of sulfone groups is 1. The second kappa shape index (κ2) is 8.93. The monoisotopic (exact) mass is 418 g/mol. The molecule has 0 spiro atoms. The zero-order valence-electron chi connectivity index (χ0n) is 18.4. The topological polar surface area (TPSA) is 54.4 Å². The van der Waals surface area contributed by atoms with Crippen molar-refractivity contribution in [2.45, 2.75) is 77.7 Å². The SMILES string of the molecule is C=C1CC[C@H](O)C/C1=C/C=C1\CCC[C@]2(C)C(C(C)C/C=C/S(C)(=O)=O)CC[C@@H]12. The molecule has 3 aliphatic rings. The highest BCUT2D eigenvalue weighted by molar-refractivity contribution is 7.93. The molecule has 29 heavy (non-hydrogen) atoms. The fourth-order valence-electron chi connectivity index (χ4n) is 6.22. The van der Waals surface area contributed by atoms with Crippen LogP contribution >= 0.6 is 0 Å². The predicted molar refractivity (Wildman–Crippen MR) is 121 cm³/mol. The van der Waals surface area contributed by atoms with Gasteiger partial charge in [0.25, 0.3) is 0 Å².